The number of aromatic nitrogens is 4. The van der Waals surface area contributed by atoms with E-state index in [2.05, 4.69) is 489 Å². The van der Waals surface area contributed by atoms with Crippen molar-refractivity contribution in [3.8, 4) is 78.4 Å². The summed E-state index contributed by atoms with van der Waals surface area (Å²) in [5.74, 6) is 0. The molecular weight excluding hydrogens is 1480 g/mol. The van der Waals surface area contributed by atoms with Crippen LogP contribution in [0.25, 0.3) is 187 Å². The van der Waals surface area contributed by atoms with E-state index in [-0.39, 0.29) is 0 Å². The van der Waals surface area contributed by atoms with E-state index >= 15 is 0 Å². The van der Waals surface area contributed by atoms with Crippen molar-refractivity contribution >= 4 is 143 Å². The molecule has 0 unspecified atom stereocenters. The highest BCUT2D eigenvalue weighted by Crippen LogP contribution is 2.47. The Morgan fingerprint density at radius 2 is 0.443 bits per heavy atom. The van der Waals surface area contributed by atoms with Crippen molar-refractivity contribution < 1.29 is 0 Å². The maximum Gasteiger partial charge on any atom is 0.0547 e. The maximum absolute atomic E-state index is 2.46. The number of anilines is 6. The molecule has 0 saturated carbocycles. The highest BCUT2D eigenvalue weighted by atomic mass is 15.2. The van der Waals surface area contributed by atoms with Gasteiger partial charge in [0.25, 0.3) is 0 Å². The van der Waals surface area contributed by atoms with E-state index in [1.54, 1.807) is 0 Å². The van der Waals surface area contributed by atoms with Crippen LogP contribution < -0.4 is 9.80 Å². The number of nitrogens with zero attached hydrogens (tertiary/aromatic N) is 6. The van der Waals surface area contributed by atoms with Gasteiger partial charge in [-0.25, -0.2) is 0 Å². The molecule has 24 rings (SSSR count). The molecule has 0 N–H and O–H groups in total. The van der Waals surface area contributed by atoms with Crippen LogP contribution in [0.15, 0.2) is 461 Å². The van der Waals surface area contributed by atoms with Crippen LogP contribution in [0.5, 0.6) is 0 Å². The van der Waals surface area contributed by atoms with Gasteiger partial charge in [0.2, 0.25) is 0 Å². The van der Waals surface area contributed by atoms with Crippen molar-refractivity contribution in [3.05, 3.63) is 461 Å². The number of hydrogen-bond acceptors (Lipinski definition) is 2. The molecule has 0 amide bonds. The number of benzene rings is 20. The summed E-state index contributed by atoms with van der Waals surface area (Å²) in [6, 6.07) is 170. The smallest absolute Gasteiger partial charge is 0.0547 e. The van der Waals surface area contributed by atoms with Gasteiger partial charge in [0.15, 0.2) is 0 Å². The predicted octanol–water partition coefficient (Wildman–Crippen LogP) is 31.7. The van der Waals surface area contributed by atoms with E-state index in [1.807, 2.05) is 0 Å². The summed E-state index contributed by atoms with van der Waals surface area (Å²) < 4.78 is 9.73. The van der Waals surface area contributed by atoms with Crippen LogP contribution in [0.4, 0.5) is 34.1 Å². The molecular formula is C116H76N6. The molecule has 0 aliphatic carbocycles. The van der Waals surface area contributed by atoms with Crippen LogP contribution in [0.3, 0.4) is 0 Å². The second kappa shape index (κ2) is 28.8. The van der Waals surface area contributed by atoms with Gasteiger partial charge in [-0.3, -0.25) is 0 Å². The zero-order chi connectivity index (χ0) is 80.3. The van der Waals surface area contributed by atoms with Crippen LogP contribution >= 0.6 is 0 Å². The Morgan fingerprint density at radius 3 is 0.951 bits per heavy atom. The van der Waals surface area contributed by atoms with Crippen LogP contribution in [-0.2, 0) is 0 Å². The highest BCUT2D eigenvalue weighted by Gasteiger charge is 2.24. The summed E-state index contributed by atoms with van der Waals surface area (Å²) in [7, 11) is 0. The Bertz CT molecular complexity index is 8170. The van der Waals surface area contributed by atoms with E-state index in [0.29, 0.717) is 0 Å². The Labute approximate surface area is 705 Å². The second-order valence-corrected chi connectivity index (χ2v) is 31.9. The molecule has 4 heterocycles. The van der Waals surface area contributed by atoms with Crippen LogP contribution in [-0.4, -0.2) is 18.3 Å². The van der Waals surface area contributed by atoms with Crippen molar-refractivity contribution in [3.63, 3.8) is 0 Å². The molecule has 0 radical (unpaired) electrons. The Kier molecular flexibility index (Phi) is 16.5. The number of rotatable bonds is 15. The Hall–Kier alpha value is -16.3. The Balaban J connectivity index is 0.535. The molecule has 0 spiro atoms. The predicted molar refractivity (Wildman–Crippen MR) is 515 cm³/mol. The zero-order valence-electron chi connectivity index (χ0n) is 66.6. The minimum absolute atomic E-state index is 1.07. The highest BCUT2D eigenvalue weighted by molar-refractivity contribution is 6.16. The van der Waals surface area contributed by atoms with Crippen molar-refractivity contribution in [2.24, 2.45) is 0 Å². The molecule has 0 aliphatic rings. The minimum Gasteiger partial charge on any atom is -0.310 e. The fraction of sp³-hybridized carbons (Fsp3) is 0. The molecule has 4 aromatic heterocycles. The molecule has 6 nitrogen and oxygen atoms in total. The summed E-state index contributed by atoms with van der Waals surface area (Å²) in [5, 5.41) is 14.6. The third-order valence-electron chi connectivity index (χ3n) is 25.1. The molecule has 24 aromatic rings. The van der Waals surface area contributed by atoms with Gasteiger partial charge < -0.3 is 28.1 Å². The average molecular weight is 1550 g/mol. The SMILES string of the molecule is c1ccc(N(c2ccc(-c3ccc(N(c4ccccc4)c4cccc5c(-c6ccc7c8ccccc8n(-c8cccc(-c9cccc(-n%10c%11ccccc%11c%11cc(-c%12ccc%13c%14ccccc%14n(-c%14ccc(-c%15ccc(-n%16c%17ccccc%17c%17ccccc%17%16)cc%15)cc%14)c%13c%12)ccc%11%10)c9)c8)c7c6)cccc45)cc3)cc2)c2cccc3ccccc23)cc1. The normalized spacial score (nSPS) is 11.8. The molecule has 122 heavy (non-hydrogen) atoms. The molecule has 570 valence electrons. The number of hydrogen-bond donors (Lipinski definition) is 0. The summed E-state index contributed by atoms with van der Waals surface area (Å²) in [5.41, 5.74) is 32.0. The largest absolute Gasteiger partial charge is 0.310 e. The van der Waals surface area contributed by atoms with Crippen molar-refractivity contribution in [2.75, 3.05) is 9.80 Å². The van der Waals surface area contributed by atoms with Gasteiger partial charge in [-0.05, 0) is 230 Å². The van der Waals surface area contributed by atoms with E-state index in [4.69, 9.17) is 0 Å². The van der Waals surface area contributed by atoms with Gasteiger partial charge in [0.05, 0.1) is 55.5 Å². The van der Waals surface area contributed by atoms with Crippen molar-refractivity contribution in [1.29, 1.82) is 0 Å². The fourth-order valence-corrected chi connectivity index (χ4v) is 19.5. The summed E-state index contributed by atoms with van der Waals surface area (Å²) in [6.45, 7) is 0. The van der Waals surface area contributed by atoms with Gasteiger partial charge in [-0.2, -0.15) is 0 Å². The lowest BCUT2D eigenvalue weighted by Gasteiger charge is -2.27. The third-order valence-corrected chi connectivity index (χ3v) is 25.1. The van der Waals surface area contributed by atoms with E-state index in [9.17, 15) is 0 Å². The third kappa shape index (κ3) is 11.6. The molecule has 0 bridgehead atoms. The summed E-state index contributed by atoms with van der Waals surface area (Å²) in [6.07, 6.45) is 0. The topological polar surface area (TPSA) is 26.2 Å². The van der Waals surface area contributed by atoms with Gasteiger partial charge in [-0.1, -0.05) is 297 Å². The first kappa shape index (κ1) is 70.0. The minimum atomic E-state index is 1.07. The van der Waals surface area contributed by atoms with Gasteiger partial charge in [0.1, 0.15) is 0 Å². The lowest BCUT2D eigenvalue weighted by atomic mass is 9.96. The van der Waals surface area contributed by atoms with Gasteiger partial charge in [0, 0.05) is 99.4 Å². The zero-order valence-corrected chi connectivity index (χ0v) is 66.6. The first-order chi connectivity index (χ1) is 60.5. The molecule has 0 fully saturated rings. The van der Waals surface area contributed by atoms with Crippen molar-refractivity contribution in [2.45, 2.75) is 0 Å². The fourth-order valence-electron chi connectivity index (χ4n) is 19.5. The molecule has 0 aliphatic heterocycles. The summed E-state index contributed by atoms with van der Waals surface area (Å²) in [4.78, 5) is 4.76. The molecule has 0 atom stereocenters. The standard InChI is InChI=1S/C116H76N6/c1-3-28-87(29-4-1)117(107-48-21-25-81-24-7-8-34-96(81)107)89-61-50-77(51-62-89)78-52-63-90(64-53-78)118(88-30-5-2-6-31-88)108-49-23-41-97-95(40-22-42-98(97)108)86-59-70-105-102-38-12-17-46-112(102)122(116(105)76-86)94-33-20-27-83(73-94)82-26-19-32-93(72-82)121-113-47-18-13-39-103(113)106-74-84(60-71-114(106)121)85-58-69-104-101-37-11-16-45-111(101)120(115(104)75-85)92-67-56-80(57-68-92)79-54-65-91(66-55-79)119-109-43-14-9-35-99(109)100-36-10-15-44-110(100)119/h1-76H. The van der Waals surface area contributed by atoms with E-state index in [1.165, 1.54) is 109 Å². The first-order valence-corrected chi connectivity index (χ1v) is 41.9. The van der Waals surface area contributed by atoms with E-state index in [0.717, 1.165) is 112 Å². The van der Waals surface area contributed by atoms with Gasteiger partial charge >= 0.3 is 0 Å². The quantitative estimate of drug-likeness (QED) is 0.102. The second-order valence-electron chi connectivity index (χ2n) is 31.9. The van der Waals surface area contributed by atoms with Crippen LogP contribution in [0, 0.1) is 0 Å². The lowest BCUT2D eigenvalue weighted by molar-refractivity contribution is 1.17. The molecule has 20 aromatic carbocycles. The first-order valence-electron chi connectivity index (χ1n) is 41.9. The number of fused-ring (bicyclic) bond motifs is 14. The lowest BCUT2D eigenvalue weighted by Crippen LogP contribution is -2.10. The van der Waals surface area contributed by atoms with Crippen LogP contribution in [0.1, 0.15) is 0 Å². The maximum atomic E-state index is 2.46. The average Bonchev–Trinajstić information content (AvgIpc) is 1.60. The molecule has 6 heteroatoms. The molecule has 0 saturated heterocycles. The number of para-hydroxylation sites is 7. The Morgan fingerprint density at radius 1 is 0.139 bits per heavy atom. The summed E-state index contributed by atoms with van der Waals surface area (Å²) >= 11 is 0. The van der Waals surface area contributed by atoms with Crippen LogP contribution in [0.2, 0.25) is 0 Å². The van der Waals surface area contributed by atoms with Crippen molar-refractivity contribution in [1.82, 2.24) is 18.3 Å². The van der Waals surface area contributed by atoms with Gasteiger partial charge in [-0.15, -0.1) is 0 Å². The van der Waals surface area contributed by atoms with E-state index < -0.39 is 0 Å². The monoisotopic (exact) mass is 1550 g/mol.